The first-order valence-corrected chi connectivity index (χ1v) is 8.50. The highest BCUT2D eigenvalue weighted by Crippen LogP contribution is 2.20. The molecule has 0 saturated carbocycles. The molecule has 25 heavy (non-hydrogen) atoms. The number of ether oxygens (including phenoxy) is 1. The van der Waals surface area contributed by atoms with Crippen LogP contribution in [0.4, 0.5) is 10.5 Å². The molecule has 5 nitrogen and oxygen atoms in total. The van der Waals surface area contributed by atoms with E-state index in [9.17, 15) is 9.90 Å². The summed E-state index contributed by atoms with van der Waals surface area (Å²) in [6, 6.07) is 17.3. The van der Waals surface area contributed by atoms with Gasteiger partial charge in [0.1, 0.15) is 0 Å². The second kappa shape index (κ2) is 9.81. The Balaban J connectivity index is 1.75. The van der Waals surface area contributed by atoms with E-state index in [4.69, 9.17) is 4.74 Å². The second-order valence-corrected chi connectivity index (χ2v) is 6.36. The van der Waals surface area contributed by atoms with Crippen molar-refractivity contribution in [2.24, 2.45) is 5.92 Å². The molecule has 0 spiro atoms. The average Bonchev–Trinajstić information content (AvgIpc) is 2.61. The van der Waals surface area contributed by atoms with E-state index in [-0.39, 0.29) is 19.2 Å². The zero-order valence-corrected chi connectivity index (χ0v) is 14.7. The Morgan fingerprint density at radius 2 is 1.64 bits per heavy atom. The van der Waals surface area contributed by atoms with E-state index in [2.05, 4.69) is 10.6 Å². The Bertz CT molecular complexity index is 642. The van der Waals surface area contributed by atoms with Gasteiger partial charge in [-0.1, -0.05) is 56.3 Å². The second-order valence-electron chi connectivity index (χ2n) is 6.36. The van der Waals surface area contributed by atoms with Gasteiger partial charge in [0.15, 0.2) is 0 Å². The van der Waals surface area contributed by atoms with Crippen molar-refractivity contribution in [3.05, 3.63) is 54.6 Å². The highest BCUT2D eigenvalue weighted by Gasteiger charge is 2.08. The van der Waals surface area contributed by atoms with E-state index in [1.165, 1.54) is 0 Å². The van der Waals surface area contributed by atoms with Gasteiger partial charge in [0.25, 0.3) is 0 Å². The van der Waals surface area contributed by atoms with Crippen LogP contribution in [0, 0.1) is 5.92 Å². The number of carbonyl (C=O) groups is 1. The summed E-state index contributed by atoms with van der Waals surface area (Å²) >= 11 is 0. The molecule has 1 atom stereocenters. The predicted molar refractivity (Wildman–Crippen MR) is 101 cm³/mol. The summed E-state index contributed by atoms with van der Waals surface area (Å²) in [5.41, 5.74) is 2.91. The van der Waals surface area contributed by atoms with Crippen LogP contribution in [0.2, 0.25) is 0 Å². The molecule has 134 valence electrons. The van der Waals surface area contributed by atoms with Gasteiger partial charge in [-0.05, 0) is 29.2 Å². The first kappa shape index (κ1) is 19.0. The number of hydrogen-bond donors (Lipinski definition) is 3. The van der Waals surface area contributed by atoms with Gasteiger partial charge in [0.05, 0.1) is 12.7 Å². The van der Waals surface area contributed by atoms with Crippen molar-refractivity contribution in [2.75, 3.05) is 25.1 Å². The normalized spacial score (nSPS) is 12.0. The largest absolute Gasteiger partial charge is 0.389 e. The first-order chi connectivity index (χ1) is 12.0. The lowest BCUT2D eigenvalue weighted by molar-refractivity contribution is 0.0274. The Morgan fingerprint density at radius 3 is 2.28 bits per heavy atom. The van der Waals surface area contributed by atoms with Gasteiger partial charge in [-0.3, -0.25) is 0 Å². The molecule has 0 aromatic heterocycles. The number of aliphatic hydroxyl groups excluding tert-OH is 1. The van der Waals surface area contributed by atoms with Crippen LogP contribution in [-0.2, 0) is 4.74 Å². The van der Waals surface area contributed by atoms with Crippen molar-refractivity contribution < 1.29 is 14.6 Å². The van der Waals surface area contributed by atoms with Gasteiger partial charge < -0.3 is 20.5 Å². The molecule has 0 radical (unpaired) electrons. The molecule has 0 aliphatic heterocycles. The molecule has 2 amide bonds. The molecule has 2 aromatic carbocycles. The fraction of sp³-hybridized carbons (Fsp3) is 0.350. The molecule has 2 rings (SSSR count). The Hall–Kier alpha value is -2.37. The number of carbonyl (C=O) groups excluding carboxylic acids is 1. The Kier molecular flexibility index (Phi) is 7.44. The number of rotatable bonds is 8. The van der Waals surface area contributed by atoms with E-state index in [0.717, 1.165) is 11.1 Å². The van der Waals surface area contributed by atoms with Crippen molar-refractivity contribution in [3.63, 3.8) is 0 Å². The van der Waals surface area contributed by atoms with Crippen LogP contribution < -0.4 is 10.6 Å². The van der Waals surface area contributed by atoms with Crippen LogP contribution in [-0.4, -0.2) is 37.0 Å². The first-order valence-electron chi connectivity index (χ1n) is 8.50. The van der Waals surface area contributed by atoms with Crippen molar-refractivity contribution in [3.8, 4) is 11.1 Å². The van der Waals surface area contributed by atoms with E-state index < -0.39 is 6.10 Å². The molecular weight excluding hydrogens is 316 g/mol. The van der Waals surface area contributed by atoms with Crippen LogP contribution in [0.1, 0.15) is 13.8 Å². The highest BCUT2D eigenvalue weighted by molar-refractivity contribution is 5.89. The van der Waals surface area contributed by atoms with Gasteiger partial charge in [-0.15, -0.1) is 0 Å². The summed E-state index contributed by atoms with van der Waals surface area (Å²) in [4.78, 5) is 11.9. The SMILES string of the molecule is CC(C)COCC(O)CNC(=O)Nc1ccc(-c2ccccc2)cc1. The molecule has 3 N–H and O–H groups in total. The van der Waals surface area contributed by atoms with Crippen molar-refractivity contribution >= 4 is 11.7 Å². The Morgan fingerprint density at radius 1 is 1.00 bits per heavy atom. The summed E-state index contributed by atoms with van der Waals surface area (Å²) in [6.07, 6.45) is -0.718. The van der Waals surface area contributed by atoms with Crippen LogP contribution in [0.3, 0.4) is 0 Å². The fourth-order valence-electron chi connectivity index (χ4n) is 2.26. The maximum atomic E-state index is 11.9. The van der Waals surface area contributed by atoms with Crippen molar-refractivity contribution in [2.45, 2.75) is 20.0 Å². The summed E-state index contributed by atoms with van der Waals surface area (Å²) in [5, 5.41) is 15.2. The zero-order chi connectivity index (χ0) is 18.1. The lowest BCUT2D eigenvalue weighted by atomic mass is 10.1. The van der Waals surface area contributed by atoms with Crippen molar-refractivity contribution in [1.29, 1.82) is 0 Å². The molecule has 0 fully saturated rings. The molecular formula is C20H26N2O3. The van der Waals surface area contributed by atoms with E-state index in [0.29, 0.717) is 18.2 Å². The van der Waals surface area contributed by atoms with Crippen LogP contribution in [0.5, 0.6) is 0 Å². The number of urea groups is 1. The predicted octanol–water partition coefficient (Wildman–Crippen LogP) is 3.51. The van der Waals surface area contributed by atoms with Gasteiger partial charge >= 0.3 is 6.03 Å². The molecule has 0 aliphatic rings. The maximum absolute atomic E-state index is 11.9. The van der Waals surface area contributed by atoms with Crippen LogP contribution in [0.25, 0.3) is 11.1 Å². The van der Waals surface area contributed by atoms with E-state index >= 15 is 0 Å². The average molecular weight is 342 g/mol. The smallest absolute Gasteiger partial charge is 0.319 e. The van der Waals surface area contributed by atoms with Crippen molar-refractivity contribution in [1.82, 2.24) is 5.32 Å². The van der Waals surface area contributed by atoms with Gasteiger partial charge in [-0.25, -0.2) is 4.79 Å². The maximum Gasteiger partial charge on any atom is 0.319 e. The fourth-order valence-corrected chi connectivity index (χ4v) is 2.26. The number of aliphatic hydroxyl groups is 1. The van der Waals surface area contributed by atoms with Crippen LogP contribution >= 0.6 is 0 Å². The molecule has 2 aromatic rings. The minimum absolute atomic E-state index is 0.145. The summed E-state index contributed by atoms with van der Waals surface area (Å²) in [7, 11) is 0. The summed E-state index contributed by atoms with van der Waals surface area (Å²) in [6.45, 7) is 5.04. The third-order valence-corrected chi connectivity index (χ3v) is 3.51. The molecule has 5 heteroatoms. The molecule has 1 unspecified atom stereocenters. The standard InChI is InChI=1S/C20H26N2O3/c1-15(2)13-25-14-19(23)12-21-20(24)22-18-10-8-17(9-11-18)16-6-4-3-5-7-16/h3-11,15,19,23H,12-14H2,1-2H3,(H2,21,22,24). The lowest BCUT2D eigenvalue weighted by Crippen LogP contribution is -2.37. The summed E-state index contributed by atoms with van der Waals surface area (Å²) < 4.78 is 5.34. The van der Waals surface area contributed by atoms with Crippen LogP contribution in [0.15, 0.2) is 54.6 Å². The minimum atomic E-state index is -0.718. The molecule has 0 bridgehead atoms. The van der Waals surface area contributed by atoms with Gasteiger partial charge in [0.2, 0.25) is 0 Å². The number of benzene rings is 2. The number of amides is 2. The summed E-state index contributed by atoms with van der Waals surface area (Å²) in [5.74, 6) is 0.419. The molecule has 0 aliphatic carbocycles. The van der Waals surface area contributed by atoms with Gasteiger partial charge in [-0.2, -0.15) is 0 Å². The quantitative estimate of drug-likeness (QED) is 0.687. The van der Waals surface area contributed by atoms with E-state index in [1.807, 2.05) is 68.4 Å². The number of anilines is 1. The monoisotopic (exact) mass is 342 g/mol. The molecule has 0 saturated heterocycles. The minimum Gasteiger partial charge on any atom is -0.389 e. The number of nitrogens with one attached hydrogen (secondary N) is 2. The van der Waals surface area contributed by atoms with Gasteiger partial charge in [0, 0.05) is 18.8 Å². The molecule has 0 heterocycles. The highest BCUT2D eigenvalue weighted by atomic mass is 16.5. The zero-order valence-electron chi connectivity index (χ0n) is 14.7. The number of hydrogen-bond acceptors (Lipinski definition) is 3. The third-order valence-electron chi connectivity index (χ3n) is 3.51. The third kappa shape index (κ3) is 6.95. The lowest BCUT2D eigenvalue weighted by Gasteiger charge is -2.14. The Labute approximate surface area is 149 Å². The topological polar surface area (TPSA) is 70.6 Å². The van der Waals surface area contributed by atoms with E-state index in [1.54, 1.807) is 0 Å².